The summed E-state index contributed by atoms with van der Waals surface area (Å²) in [5.74, 6) is 1.87. The Kier molecular flexibility index (Phi) is 4.74. The second-order valence-corrected chi connectivity index (χ2v) is 4.24. The van der Waals surface area contributed by atoms with E-state index in [2.05, 4.69) is 26.1 Å². The van der Waals surface area contributed by atoms with Crippen molar-refractivity contribution in [2.75, 3.05) is 6.54 Å². The summed E-state index contributed by atoms with van der Waals surface area (Å²) in [5, 5.41) is 3.39. The van der Waals surface area contributed by atoms with Gasteiger partial charge in [0.25, 0.3) is 0 Å². The van der Waals surface area contributed by atoms with E-state index in [1.807, 2.05) is 6.07 Å². The Bertz CT molecular complexity index is 253. The molecule has 0 aliphatic heterocycles. The molecular weight excluding hydrogens is 174 g/mol. The van der Waals surface area contributed by atoms with Crippen LogP contribution in [0, 0.1) is 12.8 Å². The third-order valence-corrected chi connectivity index (χ3v) is 2.39. The van der Waals surface area contributed by atoms with Crippen LogP contribution in [0.1, 0.15) is 38.0 Å². The number of furan rings is 1. The van der Waals surface area contributed by atoms with Gasteiger partial charge in [-0.05, 0) is 43.9 Å². The topological polar surface area (TPSA) is 25.2 Å². The van der Waals surface area contributed by atoms with E-state index in [-0.39, 0.29) is 0 Å². The van der Waals surface area contributed by atoms with Crippen LogP contribution in [0.4, 0.5) is 0 Å². The summed E-state index contributed by atoms with van der Waals surface area (Å²) >= 11 is 0. The quantitative estimate of drug-likeness (QED) is 0.705. The predicted molar refractivity (Wildman–Crippen MR) is 59.2 cm³/mol. The van der Waals surface area contributed by atoms with Gasteiger partial charge in [-0.3, -0.25) is 0 Å². The maximum atomic E-state index is 5.33. The zero-order valence-corrected chi connectivity index (χ0v) is 9.47. The lowest BCUT2D eigenvalue weighted by Gasteiger charge is -2.05. The number of hydrogen-bond acceptors (Lipinski definition) is 2. The zero-order valence-electron chi connectivity index (χ0n) is 9.47. The lowest BCUT2D eigenvalue weighted by molar-refractivity contribution is 0.467. The van der Waals surface area contributed by atoms with Crippen LogP contribution < -0.4 is 5.32 Å². The van der Waals surface area contributed by atoms with Crippen molar-refractivity contribution in [2.24, 2.45) is 5.92 Å². The molecule has 0 atom stereocenters. The summed E-state index contributed by atoms with van der Waals surface area (Å²) in [6.07, 6.45) is 4.29. The van der Waals surface area contributed by atoms with Crippen LogP contribution in [0.3, 0.4) is 0 Å². The molecule has 0 aliphatic rings. The Labute approximate surface area is 86.7 Å². The van der Waals surface area contributed by atoms with E-state index < -0.39 is 0 Å². The van der Waals surface area contributed by atoms with Gasteiger partial charge in [0, 0.05) is 0 Å². The Morgan fingerprint density at radius 1 is 1.43 bits per heavy atom. The van der Waals surface area contributed by atoms with Crippen LogP contribution >= 0.6 is 0 Å². The van der Waals surface area contributed by atoms with Crippen molar-refractivity contribution in [3.05, 3.63) is 23.7 Å². The van der Waals surface area contributed by atoms with Gasteiger partial charge in [-0.25, -0.2) is 0 Å². The molecule has 0 spiro atoms. The van der Waals surface area contributed by atoms with Crippen molar-refractivity contribution in [1.82, 2.24) is 5.32 Å². The molecule has 0 unspecified atom stereocenters. The van der Waals surface area contributed by atoms with E-state index in [4.69, 9.17) is 4.42 Å². The molecule has 2 nitrogen and oxygen atoms in total. The summed E-state index contributed by atoms with van der Waals surface area (Å²) in [5.41, 5.74) is 1.24. The summed E-state index contributed by atoms with van der Waals surface area (Å²) < 4.78 is 5.33. The van der Waals surface area contributed by atoms with Crippen LogP contribution in [-0.4, -0.2) is 6.54 Å². The maximum absolute atomic E-state index is 5.33. The first kappa shape index (κ1) is 11.3. The standard InChI is InChI=1S/C12H21NO/c1-10(2)5-4-7-13-9-12-11(3)6-8-14-12/h6,8,10,13H,4-5,7,9H2,1-3H3. The molecular formula is C12H21NO. The van der Waals surface area contributed by atoms with Gasteiger partial charge in [0.05, 0.1) is 12.8 Å². The lowest BCUT2D eigenvalue weighted by Crippen LogP contribution is -2.15. The normalized spacial score (nSPS) is 11.1. The highest BCUT2D eigenvalue weighted by atomic mass is 16.3. The molecule has 1 aromatic rings. The Balaban J connectivity index is 2.08. The fourth-order valence-electron chi connectivity index (χ4n) is 1.42. The smallest absolute Gasteiger partial charge is 0.120 e. The first-order valence-electron chi connectivity index (χ1n) is 5.44. The Morgan fingerprint density at radius 2 is 2.21 bits per heavy atom. The van der Waals surface area contributed by atoms with Gasteiger partial charge < -0.3 is 9.73 Å². The van der Waals surface area contributed by atoms with Crippen LogP contribution in [-0.2, 0) is 6.54 Å². The number of nitrogens with one attached hydrogen (secondary N) is 1. The van der Waals surface area contributed by atoms with Crippen LogP contribution in [0.5, 0.6) is 0 Å². The minimum absolute atomic E-state index is 0.808. The Hall–Kier alpha value is -0.760. The molecule has 1 rings (SSSR count). The molecule has 0 saturated carbocycles. The SMILES string of the molecule is Cc1ccoc1CNCCCC(C)C. The van der Waals surface area contributed by atoms with Gasteiger partial charge in [-0.15, -0.1) is 0 Å². The molecule has 1 aromatic heterocycles. The molecule has 0 aromatic carbocycles. The highest BCUT2D eigenvalue weighted by molar-refractivity contribution is 5.13. The van der Waals surface area contributed by atoms with Gasteiger partial charge in [0.2, 0.25) is 0 Å². The van der Waals surface area contributed by atoms with Crippen molar-refractivity contribution >= 4 is 0 Å². The van der Waals surface area contributed by atoms with Crippen LogP contribution in [0.15, 0.2) is 16.7 Å². The highest BCUT2D eigenvalue weighted by Crippen LogP contribution is 2.08. The summed E-state index contributed by atoms with van der Waals surface area (Å²) in [6.45, 7) is 8.54. The van der Waals surface area contributed by atoms with Crippen LogP contribution in [0.25, 0.3) is 0 Å². The van der Waals surface area contributed by atoms with Gasteiger partial charge in [-0.2, -0.15) is 0 Å². The second-order valence-electron chi connectivity index (χ2n) is 4.24. The monoisotopic (exact) mass is 195 g/mol. The third kappa shape index (κ3) is 3.97. The minimum Gasteiger partial charge on any atom is -0.468 e. The maximum Gasteiger partial charge on any atom is 0.120 e. The summed E-state index contributed by atoms with van der Waals surface area (Å²) in [7, 11) is 0. The van der Waals surface area contributed by atoms with Gasteiger partial charge in [0.15, 0.2) is 0 Å². The van der Waals surface area contributed by atoms with Crippen molar-refractivity contribution in [3.8, 4) is 0 Å². The Morgan fingerprint density at radius 3 is 2.79 bits per heavy atom. The number of rotatable bonds is 6. The molecule has 1 heterocycles. The molecule has 0 bridgehead atoms. The lowest BCUT2D eigenvalue weighted by atomic mass is 10.1. The molecule has 2 heteroatoms. The van der Waals surface area contributed by atoms with Gasteiger partial charge in [-0.1, -0.05) is 13.8 Å². The molecule has 0 saturated heterocycles. The molecule has 0 aliphatic carbocycles. The molecule has 1 N–H and O–H groups in total. The van der Waals surface area contributed by atoms with E-state index in [1.54, 1.807) is 6.26 Å². The fourth-order valence-corrected chi connectivity index (χ4v) is 1.42. The minimum atomic E-state index is 0.808. The van der Waals surface area contributed by atoms with Crippen molar-refractivity contribution in [1.29, 1.82) is 0 Å². The first-order valence-corrected chi connectivity index (χ1v) is 5.44. The molecule has 80 valence electrons. The van der Waals surface area contributed by atoms with E-state index in [1.165, 1.54) is 18.4 Å². The van der Waals surface area contributed by atoms with Crippen molar-refractivity contribution in [3.63, 3.8) is 0 Å². The first-order chi connectivity index (χ1) is 6.70. The second kappa shape index (κ2) is 5.86. The average molecular weight is 195 g/mol. The van der Waals surface area contributed by atoms with Crippen molar-refractivity contribution in [2.45, 2.75) is 40.2 Å². The molecule has 0 fully saturated rings. The van der Waals surface area contributed by atoms with E-state index in [0.29, 0.717) is 0 Å². The number of hydrogen-bond donors (Lipinski definition) is 1. The third-order valence-electron chi connectivity index (χ3n) is 2.39. The summed E-state index contributed by atoms with van der Waals surface area (Å²) in [4.78, 5) is 0. The van der Waals surface area contributed by atoms with E-state index >= 15 is 0 Å². The summed E-state index contributed by atoms with van der Waals surface area (Å²) in [6, 6.07) is 2.01. The van der Waals surface area contributed by atoms with E-state index in [9.17, 15) is 0 Å². The van der Waals surface area contributed by atoms with Crippen molar-refractivity contribution < 1.29 is 4.42 Å². The molecule has 0 amide bonds. The van der Waals surface area contributed by atoms with Crippen LogP contribution in [0.2, 0.25) is 0 Å². The number of aryl methyl sites for hydroxylation is 1. The van der Waals surface area contributed by atoms with Gasteiger partial charge >= 0.3 is 0 Å². The average Bonchev–Trinajstić information content (AvgIpc) is 2.51. The highest BCUT2D eigenvalue weighted by Gasteiger charge is 2.00. The molecule has 0 radical (unpaired) electrons. The zero-order chi connectivity index (χ0) is 10.4. The van der Waals surface area contributed by atoms with E-state index in [0.717, 1.165) is 24.8 Å². The predicted octanol–water partition coefficient (Wildman–Crippen LogP) is 3.11. The fraction of sp³-hybridized carbons (Fsp3) is 0.667. The molecule has 14 heavy (non-hydrogen) atoms. The van der Waals surface area contributed by atoms with Gasteiger partial charge in [0.1, 0.15) is 5.76 Å². The largest absolute Gasteiger partial charge is 0.468 e.